The summed E-state index contributed by atoms with van der Waals surface area (Å²) in [4.78, 5) is 12.3. The quantitative estimate of drug-likeness (QED) is 0.177. The van der Waals surface area contributed by atoms with Gasteiger partial charge in [0.2, 0.25) is 5.75 Å². The van der Waals surface area contributed by atoms with Gasteiger partial charge in [-0.05, 0) is 65.9 Å². The van der Waals surface area contributed by atoms with Gasteiger partial charge >= 0.3 is 5.97 Å². The van der Waals surface area contributed by atoms with Gasteiger partial charge in [0.15, 0.2) is 11.6 Å². The Labute approximate surface area is 182 Å². The molecule has 3 aromatic rings. The maximum atomic E-state index is 14.3. The molecule has 0 radical (unpaired) electrons. The van der Waals surface area contributed by atoms with Gasteiger partial charge in [-0.1, -0.05) is 31.9 Å². The van der Waals surface area contributed by atoms with Gasteiger partial charge in [0, 0.05) is 0 Å². The van der Waals surface area contributed by atoms with E-state index in [1.807, 2.05) is 6.92 Å². The molecule has 0 fully saturated rings. The number of nitriles is 1. The SMILES string of the molecule is CCCCCc1cc(F)c(OC(=O)c2ccc(-c3cc(F)c(C#N)c(F)c3)cc2)c(F)c1. The van der Waals surface area contributed by atoms with Crippen molar-refractivity contribution in [3.8, 4) is 22.9 Å². The van der Waals surface area contributed by atoms with E-state index in [2.05, 4.69) is 0 Å². The molecule has 0 amide bonds. The zero-order valence-electron chi connectivity index (χ0n) is 17.2. The van der Waals surface area contributed by atoms with Crippen molar-refractivity contribution in [2.24, 2.45) is 0 Å². The highest BCUT2D eigenvalue weighted by Crippen LogP contribution is 2.27. The fourth-order valence-corrected chi connectivity index (χ4v) is 3.23. The Hall–Kier alpha value is -3.66. The van der Waals surface area contributed by atoms with E-state index in [9.17, 15) is 22.4 Å². The lowest BCUT2D eigenvalue weighted by atomic mass is 10.0. The minimum absolute atomic E-state index is 0.00541. The summed E-state index contributed by atoms with van der Waals surface area (Å²) in [6.45, 7) is 2.02. The number of hydrogen-bond donors (Lipinski definition) is 0. The molecule has 164 valence electrons. The topological polar surface area (TPSA) is 50.1 Å². The molecular formula is C25H19F4NO2. The van der Waals surface area contributed by atoms with Crippen LogP contribution in [0, 0.1) is 34.6 Å². The van der Waals surface area contributed by atoms with E-state index in [1.165, 1.54) is 30.3 Å². The average molecular weight is 441 g/mol. The number of aryl methyl sites for hydroxylation is 1. The fraction of sp³-hybridized carbons (Fsp3) is 0.200. The highest BCUT2D eigenvalue weighted by Gasteiger charge is 2.18. The lowest BCUT2D eigenvalue weighted by Crippen LogP contribution is -2.11. The van der Waals surface area contributed by atoms with E-state index in [0.29, 0.717) is 17.5 Å². The van der Waals surface area contributed by atoms with E-state index in [4.69, 9.17) is 10.00 Å². The molecule has 0 spiro atoms. The summed E-state index contributed by atoms with van der Waals surface area (Å²) in [6, 6.07) is 11.2. The molecule has 0 saturated heterocycles. The van der Waals surface area contributed by atoms with E-state index in [1.54, 1.807) is 0 Å². The number of hydrogen-bond acceptors (Lipinski definition) is 3. The molecule has 0 aliphatic rings. The number of carbonyl (C=O) groups excluding carboxylic acids is 1. The summed E-state index contributed by atoms with van der Waals surface area (Å²) in [5, 5.41) is 8.75. The zero-order chi connectivity index (χ0) is 23.3. The van der Waals surface area contributed by atoms with Crippen LogP contribution in [0.15, 0.2) is 48.5 Å². The third-order valence-corrected chi connectivity index (χ3v) is 4.93. The monoisotopic (exact) mass is 441 g/mol. The van der Waals surface area contributed by atoms with Crippen LogP contribution >= 0.6 is 0 Å². The first-order valence-electron chi connectivity index (χ1n) is 10.0. The minimum atomic E-state index is -1.00. The predicted octanol–water partition coefficient (Wildman–Crippen LogP) is 6.73. The van der Waals surface area contributed by atoms with Crippen molar-refractivity contribution < 1.29 is 27.1 Å². The van der Waals surface area contributed by atoms with Gasteiger partial charge < -0.3 is 4.74 Å². The number of benzene rings is 3. The average Bonchev–Trinajstić information content (AvgIpc) is 2.76. The Bertz CT molecular complexity index is 1140. The molecule has 0 atom stereocenters. The van der Waals surface area contributed by atoms with Crippen LogP contribution < -0.4 is 4.74 Å². The van der Waals surface area contributed by atoms with Crippen LogP contribution in [0.25, 0.3) is 11.1 Å². The summed E-state index contributed by atoms with van der Waals surface area (Å²) in [6.07, 6.45) is 3.24. The Morgan fingerprint density at radius 2 is 1.47 bits per heavy atom. The molecule has 0 unspecified atom stereocenters. The van der Waals surface area contributed by atoms with Crippen molar-refractivity contribution in [3.05, 3.63) is 88.5 Å². The van der Waals surface area contributed by atoms with Gasteiger partial charge in [-0.3, -0.25) is 0 Å². The number of rotatable bonds is 7. The van der Waals surface area contributed by atoms with Gasteiger partial charge in [0.25, 0.3) is 0 Å². The lowest BCUT2D eigenvalue weighted by molar-refractivity contribution is 0.0720. The van der Waals surface area contributed by atoms with Crippen molar-refractivity contribution in [3.63, 3.8) is 0 Å². The molecule has 0 aliphatic carbocycles. The number of halogens is 4. The Morgan fingerprint density at radius 3 is 2.00 bits per heavy atom. The Balaban J connectivity index is 1.76. The van der Waals surface area contributed by atoms with Crippen molar-refractivity contribution >= 4 is 5.97 Å². The maximum Gasteiger partial charge on any atom is 0.343 e. The molecule has 3 nitrogen and oxygen atoms in total. The largest absolute Gasteiger partial charge is 0.417 e. The second kappa shape index (κ2) is 10.1. The standard InChI is InChI=1S/C25H19F4NO2/c1-2-3-4-5-15-10-22(28)24(23(29)11-15)32-25(31)17-8-6-16(7-9-17)18-12-20(26)19(14-30)21(27)13-18/h6-13H,2-5H2,1H3. The predicted molar refractivity (Wildman–Crippen MR) is 111 cm³/mol. The molecule has 7 heteroatoms. The summed E-state index contributed by atoms with van der Waals surface area (Å²) in [7, 11) is 0. The number of ether oxygens (including phenoxy) is 1. The third kappa shape index (κ3) is 5.14. The molecule has 3 rings (SSSR count). The molecule has 0 saturated carbocycles. The first-order valence-corrected chi connectivity index (χ1v) is 10.0. The molecule has 0 aliphatic heterocycles. The number of esters is 1. The minimum Gasteiger partial charge on any atom is -0.417 e. The molecule has 0 bridgehead atoms. The molecule has 0 heterocycles. The van der Waals surface area contributed by atoms with Crippen molar-refractivity contribution in [1.29, 1.82) is 5.26 Å². The Morgan fingerprint density at radius 1 is 0.875 bits per heavy atom. The first-order chi connectivity index (χ1) is 15.3. The van der Waals surface area contributed by atoms with Gasteiger partial charge in [-0.15, -0.1) is 0 Å². The lowest BCUT2D eigenvalue weighted by Gasteiger charge is -2.10. The van der Waals surface area contributed by atoms with E-state index >= 15 is 0 Å². The molecular weight excluding hydrogens is 422 g/mol. The smallest absolute Gasteiger partial charge is 0.343 e. The van der Waals surface area contributed by atoms with Crippen molar-refractivity contribution in [2.75, 3.05) is 0 Å². The highest BCUT2D eigenvalue weighted by atomic mass is 19.1. The Kier molecular flexibility index (Phi) is 7.26. The summed E-state index contributed by atoms with van der Waals surface area (Å²) in [5.74, 6) is -5.71. The fourth-order valence-electron chi connectivity index (χ4n) is 3.23. The number of unbranched alkanes of at least 4 members (excludes halogenated alkanes) is 2. The molecule has 0 N–H and O–H groups in total. The van der Waals surface area contributed by atoms with Gasteiger partial charge in [-0.25, -0.2) is 22.4 Å². The molecule has 0 aromatic heterocycles. The van der Waals surface area contributed by atoms with Crippen molar-refractivity contribution in [1.82, 2.24) is 0 Å². The van der Waals surface area contributed by atoms with Crippen LogP contribution in [0.2, 0.25) is 0 Å². The molecule has 32 heavy (non-hydrogen) atoms. The van der Waals surface area contributed by atoms with Gasteiger partial charge in [0.1, 0.15) is 23.3 Å². The van der Waals surface area contributed by atoms with Crippen LogP contribution in [0.3, 0.4) is 0 Å². The van der Waals surface area contributed by atoms with Crippen LogP contribution in [-0.4, -0.2) is 5.97 Å². The third-order valence-electron chi connectivity index (χ3n) is 4.93. The summed E-state index contributed by atoms with van der Waals surface area (Å²) < 4.78 is 61.2. The molecule has 3 aromatic carbocycles. The summed E-state index contributed by atoms with van der Waals surface area (Å²) in [5.41, 5.74) is 0.329. The van der Waals surface area contributed by atoms with Crippen LogP contribution in [-0.2, 0) is 6.42 Å². The zero-order valence-corrected chi connectivity index (χ0v) is 17.2. The van der Waals surface area contributed by atoms with Crippen molar-refractivity contribution in [2.45, 2.75) is 32.6 Å². The number of carbonyl (C=O) groups is 1. The normalized spacial score (nSPS) is 10.6. The summed E-state index contributed by atoms with van der Waals surface area (Å²) >= 11 is 0. The number of nitrogens with zero attached hydrogens (tertiary/aromatic N) is 1. The van der Waals surface area contributed by atoms with E-state index < -0.39 is 40.6 Å². The first kappa shape index (κ1) is 23.0. The van der Waals surface area contributed by atoms with E-state index in [-0.39, 0.29) is 11.1 Å². The van der Waals surface area contributed by atoms with E-state index in [0.717, 1.165) is 43.5 Å². The van der Waals surface area contributed by atoms with Gasteiger partial charge in [-0.2, -0.15) is 5.26 Å². The highest BCUT2D eigenvalue weighted by molar-refractivity contribution is 5.91. The van der Waals surface area contributed by atoms with Crippen LogP contribution in [0.1, 0.15) is 47.7 Å². The van der Waals surface area contributed by atoms with Gasteiger partial charge in [0.05, 0.1) is 5.56 Å². The maximum absolute atomic E-state index is 14.3. The van der Waals surface area contributed by atoms with Crippen LogP contribution in [0.5, 0.6) is 5.75 Å². The second-order valence-corrected chi connectivity index (χ2v) is 7.24. The second-order valence-electron chi connectivity index (χ2n) is 7.24. The van der Waals surface area contributed by atoms with Crippen LogP contribution in [0.4, 0.5) is 17.6 Å².